The predicted molar refractivity (Wildman–Crippen MR) is 162 cm³/mol. The molecule has 39 heavy (non-hydrogen) atoms. The van der Waals surface area contributed by atoms with E-state index in [1.165, 1.54) is 0 Å². The van der Waals surface area contributed by atoms with Crippen LogP contribution in [-0.4, -0.2) is 25.1 Å². The maximum atomic E-state index is 4.67. The Labute approximate surface area is 230 Å². The molecule has 0 aliphatic heterocycles. The Hall–Kier alpha value is -4.78. The Bertz CT molecular complexity index is 1560. The SMILES string of the molecule is C=C/C(=C\C(=C/C)c1cc2c(C(=C)Nc3cncc(-c4ccccn4)c3C)n[nH]c2cn1)NC(=C)CCCC. The van der Waals surface area contributed by atoms with Crippen LogP contribution in [0.4, 0.5) is 5.69 Å². The molecule has 3 N–H and O–H groups in total. The molecule has 0 aliphatic rings. The number of rotatable bonds is 12. The highest BCUT2D eigenvalue weighted by Crippen LogP contribution is 2.30. The molecule has 7 nitrogen and oxygen atoms in total. The van der Waals surface area contributed by atoms with Crippen molar-refractivity contribution in [2.24, 2.45) is 0 Å². The van der Waals surface area contributed by atoms with Crippen molar-refractivity contribution in [1.29, 1.82) is 0 Å². The lowest BCUT2D eigenvalue weighted by molar-refractivity contribution is 0.751. The second kappa shape index (κ2) is 12.6. The van der Waals surface area contributed by atoms with E-state index in [0.717, 1.165) is 75.3 Å². The van der Waals surface area contributed by atoms with Crippen LogP contribution in [0.3, 0.4) is 0 Å². The van der Waals surface area contributed by atoms with E-state index in [9.17, 15) is 0 Å². The van der Waals surface area contributed by atoms with Gasteiger partial charge in [-0.15, -0.1) is 0 Å². The summed E-state index contributed by atoms with van der Waals surface area (Å²) in [6.07, 6.45) is 16.2. The third kappa shape index (κ3) is 6.38. The summed E-state index contributed by atoms with van der Waals surface area (Å²) in [4.78, 5) is 13.6. The van der Waals surface area contributed by atoms with Gasteiger partial charge in [0.25, 0.3) is 0 Å². The number of anilines is 1. The third-order valence-corrected chi connectivity index (χ3v) is 6.47. The Balaban J connectivity index is 1.61. The number of allylic oxidation sites excluding steroid dienone is 5. The third-order valence-electron chi connectivity index (χ3n) is 6.47. The highest BCUT2D eigenvalue weighted by Gasteiger charge is 2.15. The molecule has 4 aromatic rings. The molecule has 198 valence electrons. The van der Waals surface area contributed by atoms with Crippen LogP contribution in [0.5, 0.6) is 0 Å². The van der Waals surface area contributed by atoms with Crippen molar-refractivity contribution in [3.05, 3.63) is 115 Å². The van der Waals surface area contributed by atoms with Gasteiger partial charge in [0.05, 0.1) is 40.7 Å². The molecule has 0 amide bonds. The van der Waals surface area contributed by atoms with E-state index in [0.29, 0.717) is 11.4 Å². The summed E-state index contributed by atoms with van der Waals surface area (Å²) in [5.41, 5.74) is 9.50. The number of H-pyrrole nitrogens is 1. The van der Waals surface area contributed by atoms with Gasteiger partial charge in [-0.3, -0.25) is 20.1 Å². The van der Waals surface area contributed by atoms with Gasteiger partial charge < -0.3 is 10.6 Å². The molecule has 4 rings (SSSR count). The summed E-state index contributed by atoms with van der Waals surface area (Å²) < 4.78 is 0. The predicted octanol–water partition coefficient (Wildman–Crippen LogP) is 7.57. The minimum atomic E-state index is 0.653. The van der Waals surface area contributed by atoms with Crippen molar-refractivity contribution < 1.29 is 0 Å². The number of unbranched alkanes of at least 4 members (excludes halogenated alkanes) is 1. The Morgan fingerprint density at radius 3 is 2.69 bits per heavy atom. The summed E-state index contributed by atoms with van der Waals surface area (Å²) >= 11 is 0. The minimum Gasteiger partial charge on any atom is -0.359 e. The van der Waals surface area contributed by atoms with Gasteiger partial charge in [-0.2, -0.15) is 5.10 Å². The fourth-order valence-corrected chi connectivity index (χ4v) is 4.23. The normalized spacial score (nSPS) is 11.9. The van der Waals surface area contributed by atoms with Gasteiger partial charge in [0.1, 0.15) is 5.69 Å². The van der Waals surface area contributed by atoms with E-state index >= 15 is 0 Å². The van der Waals surface area contributed by atoms with Crippen LogP contribution in [0.15, 0.2) is 98.4 Å². The van der Waals surface area contributed by atoms with E-state index in [4.69, 9.17) is 0 Å². The largest absolute Gasteiger partial charge is 0.359 e. The van der Waals surface area contributed by atoms with Crippen molar-refractivity contribution in [2.45, 2.75) is 40.0 Å². The second-order valence-corrected chi connectivity index (χ2v) is 9.25. The first kappa shape index (κ1) is 27.3. The zero-order valence-corrected chi connectivity index (χ0v) is 22.9. The Kier molecular flexibility index (Phi) is 8.84. The average molecular weight is 518 g/mol. The molecule has 0 aromatic carbocycles. The zero-order valence-electron chi connectivity index (χ0n) is 22.9. The summed E-state index contributed by atoms with van der Waals surface area (Å²) in [5.74, 6) is 0. The highest BCUT2D eigenvalue weighted by atomic mass is 15.1. The fraction of sp³-hybridized carbons (Fsp3) is 0.188. The lowest BCUT2D eigenvalue weighted by Gasteiger charge is -2.13. The quantitative estimate of drug-likeness (QED) is 0.168. The number of hydrogen-bond donors (Lipinski definition) is 3. The van der Waals surface area contributed by atoms with E-state index in [2.05, 4.69) is 62.4 Å². The van der Waals surface area contributed by atoms with Gasteiger partial charge in [0.15, 0.2) is 0 Å². The lowest BCUT2D eigenvalue weighted by Crippen LogP contribution is -2.10. The summed E-state index contributed by atoms with van der Waals surface area (Å²) in [6.45, 7) is 18.6. The maximum absolute atomic E-state index is 4.67. The highest BCUT2D eigenvalue weighted by molar-refractivity contribution is 5.94. The zero-order chi connectivity index (χ0) is 27.8. The number of aromatic amines is 1. The number of aromatic nitrogens is 5. The monoisotopic (exact) mass is 517 g/mol. The maximum Gasteiger partial charge on any atom is 0.116 e. The summed E-state index contributed by atoms with van der Waals surface area (Å²) in [7, 11) is 0. The van der Waals surface area contributed by atoms with Crippen LogP contribution in [0.25, 0.3) is 33.4 Å². The van der Waals surface area contributed by atoms with Crippen LogP contribution >= 0.6 is 0 Å². The lowest BCUT2D eigenvalue weighted by atomic mass is 10.1. The van der Waals surface area contributed by atoms with E-state index in [1.54, 1.807) is 24.7 Å². The van der Waals surface area contributed by atoms with Gasteiger partial charge in [0, 0.05) is 34.7 Å². The van der Waals surface area contributed by atoms with Crippen molar-refractivity contribution in [2.75, 3.05) is 5.32 Å². The van der Waals surface area contributed by atoms with Crippen molar-refractivity contribution in [3.63, 3.8) is 0 Å². The Morgan fingerprint density at radius 1 is 1.13 bits per heavy atom. The Morgan fingerprint density at radius 2 is 1.97 bits per heavy atom. The number of nitrogens with one attached hydrogen (secondary N) is 3. The van der Waals surface area contributed by atoms with Crippen LogP contribution in [-0.2, 0) is 0 Å². The van der Waals surface area contributed by atoms with Gasteiger partial charge >= 0.3 is 0 Å². The van der Waals surface area contributed by atoms with Crippen LogP contribution in [0, 0.1) is 6.92 Å². The van der Waals surface area contributed by atoms with E-state index in [-0.39, 0.29) is 0 Å². The van der Waals surface area contributed by atoms with Gasteiger partial charge in [-0.1, -0.05) is 45.2 Å². The molecular weight excluding hydrogens is 482 g/mol. The van der Waals surface area contributed by atoms with Crippen LogP contribution < -0.4 is 10.6 Å². The number of fused-ring (bicyclic) bond motifs is 1. The molecule has 0 radical (unpaired) electrons. The first-order valence-electron chi connectivity index (χ1n) is 13.1. The van der Waals surface area contributed by atoms with E-state index < -0.39 is 0 Å². The number of hydrogen-bond acceptors (Lipinski definition) is 6. The van der Waals surface area contributed by atoms with Crippen LogP contribution in [0.2, 0.25) is 0 Å². The standard InChI is InChI=1S/C32H35N7/c1-7-10-13-21(4)36-25(9-3)16-24(8-2)29-17-26-31(20-35-29)38-39-32(26)23(6)37-30-19-33-18-27(22(30)5)28-14-11-12-15-34-28/h8-9,11-12,14-20,36-37H,3-4,6-7,10,13H2,1-2,5H3,(H,38,39)/b24-8+,25-16+. The summed E-state index contributed by atoms with van der Waals surface area (Å²) in [5, 5.41) is 15.3. The average Bonchev–Trinajstić information content (AvgIpc) is 3.39. The molecule has 4 heterocycles. The number of pyridine rings is 3. The first-order chi connectivity index (χ1) is 18.9. The van der Waals surface area contributed by atoms with Crippen LogP contribution in [0.1, 0.15) is 50.1 Å². The molecule has 7 heteroatoms. The fourth-order valence-electron chi connectivity index (χ4n) is 4.23. The van der Waals surface area contributed by atoms with Gasteiger partial charge in [0.2, 0.25) is 0 Å². The summed E-state index contributed by atoms with van der Waals surface area (Å²) in [6, 6.07) is 7.86. The molecule has 4 aromatic heterocycles. The number of nitrogens with zero attached hydrogens (tertiary/aromatic N) is 4. The molecule has 0 fully saturated rings. The van der Waals surface area contributed by atoms with Crippen molar-refractivity contribution in [3.8, 4) is 11.3 Å². The van der Waals surface area contributed by atoms with Gasteiger partial charge in [-0.25, -0.2) is 0 Å². The molecule has 0 atom stereocenters. The molecule has 0 saturated carbocycles. The molecular formula is C32H35N7. The topological polar surface area (TPSA) is 91.4 Å². The second-order valence-electron chi connectivity index (χ2n) is 9.25. The molecule has 0 saturated heterocycles. The van der Waals surface area contributed by atoms with Crippen molar-refractivity contribution in [1.82, 2.24) is 30.5 Å². The first-order valence-corrected chi connectivity index (χ1v) is 13.1. The molecule has 0 unspecified atom stereocenters. The molecule has 0 aliphatic carbocycles. The van der Waals surface area contributed by atoms with Crippen molar-refractivity contribution >= 4 is 27.9 Å². The minimum absolute atomic E-state index is 0.653. The van der Waals surface area contributed by atoms with E-state index in [1.807, 2.05) is 56.5 Å². The molecule has 0 spiro atoms. The molecule has 0 bridgehead atoms. The smallest absolute Gasteiger partial charge is 0.116 e. The van der Waals surface area contributed by atoms with Gasteiger partial charge in [-0.05, 0) is 68.2 Å².